The highest BCUT2D eigenvalue weighted by Crippen LogP contribution is 2.21. The maximum absolute atomic E-state index is 5.85. The summed E-state index contributed by atoms with van der Waals surface area (Å²) in [5, 5.41) is 0. The largest absolute Gasteiger partial charge is 0.493 e. The van der Waals surface area contributed by atoms with Gasteiger partial charge in [0.15, 0.2) is 0 Å². The van der Waals surface area contributed by atoms with E-state index in [0.717, 1.165) is 31.4 Å². The molecule has 0 N–H and O–H groups in total. The molecule has 0 amide bonds. The molecular weight excluding hydrogens is 234 g/mol. The van der Waals surface area contributed by atoms with Gasteiger partial charge < -0.3 is 9.64 Å². The van der Waals surface area contributed by atoms with E-state index < -0.39 is 0 Å². The van der Waals surface area contributed by atoms with Gasteiger partial charge in [0.05, 0.1) is 6.61 Å². The standard InChI is InChI=1S/C17H27NO/c1-15-9-6-7-12-17(15)19-14-8-13-18(2)16-10-4-3-5-11-16/h6-7,9,12,16H,3-5,8,10-11,13-14H2,1-2H3. The first-order valence-electron chi connectivity index (χ1n) is 7.66. The third-order valence-corrected chi connectivity index (χ3v) is 4.20. The van der Waals surface area contributed by atoms with E-state index in [1.807, 2.05) is 6.07 Å². The Bertz CT molecular complexity index is 371. The summed E-state index contributed by atoms with van der Waals surface area (Å²) in [7, 11) is 2.27. The fraction of sp³-hybridized carbons (Fsp3) is 0.647. The summed E-state index contributed by atoms with van der Waals surface area (Å²) in [6.07, 6.45) is 8.13. The fourth-order valence-electron chi connectivity index (χ4n) is 2.92. The summed E-state index contributed by atoms with van der Waals surface area (Å²) in [6, 6.07) is 9.06. The molecule has 1 aliphatic rings. The lowest BCUT2D eigenvalue weighted by atomic mass is 9.94. The zero-order chi connectivity index (χ0) is 13.5. The number of hydrogen-bond donors (Lipinski definition) is 0. The molecule has 1 aromatic carbocycles. The summed E-state index contributed by atoms with van der Waals surface area (Å²) in [5.74, 6) is 1.03. The van der Waals surface area contributed by atoms with Crippen molar-refractivity contribution in [3.63, 3.8) is 0 Å². The summed E-state index contributed by atoms with van der Waals surface area (Å²) < 4.78 is 5.85. The SMILES string of the molecule is Cc1ccccc1OCCCN(C)C1CCCCC1. The van der Waals surface area contributed by atoms with Crippen LogP contribution in [0.3, 0.4) is 0 Å². The van der Waals surface area contributed by atoms with Crippen LogP contribution in [0.25, 0.3) is 0 Å². The fourth-order valence-corrected chi connectivity index (χ4v) is 2.92. The third kappa shape index (κ3) is 4.54. The molecule has 0 heterocycles. The number of rotatable bonds is 6. The predicted octanol–water partition coefficient (Wildman–Crippen LogP) is 4.03. The molecule has 19 heavy (non-hydrogen) atoms. The Hall–Kier alpha value is -1.02. The van der Waals surface area contributed by atoms with Gasteiger partial charge in [-0.2, -0.15) is 0 Å². The molecule has 2 heteroatoms. The number of benzene rings is 1. The lowest BCUT2D eigenvalue weighted by Gasteiger charge is -2.31. The number of para-hydroxylation sites is 1. The van der Waals surface area contributed by atoms with Crippen molar-refractivity contribution in [2.24, 2.45) is 0 Å². The van der Waals surface area contributed by atoms with Crippen LogP contribution in [0.2, 0.25) is 0 Å². The zero-order valence-electron chi connectivity index (χ0n) is 12.4. The van der Waals surface area contributed by atoms with Crippen LogP contribution in [0.1, 0.15) is 44.1 Å². The lowest BCUT2D eigenvalue weighted by molar-refractivity contribution is 0.177. The van der Waals surface area contributed by atoms with Crippen molar-refractivity contribution in [2.75, 3.05) is 20.2 Å². The second kappa shape index (κ2) is 7.54. The molecule has 1 aromatic rings. The van der Waals surface area contributed by atoms with Crippen LogP contribution in [-0.4, -0.2) is 31.1 Å². The summed E-state index contributed by atoms with van der Waals surface area (Å²) in [4.78, 5) is 2.53. The molecule has 0 saturated heterocycles. The van der Waals surface area contributed by atoms with Gasteiger partial charge in [0.25, 0.3) is 0 Å². The van der Waals surface area contributed by atoms with Gasteiger partial charge in [-0.25, -0.2) is 0 Å². The van der Waals surface area contributed by atoms with E-state index in [9.17, 15) is 0 Å². The van der Waals surface area contributed by atoms with Gasteiger partial charge in [0.1, 0.15) is 5.75 Å². The van der Waals surface area contributed by atoms with Gasteiger partial charge >= 0.3 is 0 Å². The van der Waals surface area contributed by atoms with Crippen molar-refractivity contribution in [3.05, 3.63) is 29.8 Å². The maximum Gasteiger partial charge on any atom is 0.122 e. The van der Waals surface area contributed by atoms with Crippen molar-refractivity contribution in [1.82, 2.24) is 4.90 Å². The van der Waals surface area contributed by atoms with Crippen LogP contribution >= 0.6 is 0 Å². The Kier molecular flexibility index (Phi) is 5.71. The Labute approximate surface area is 117 Å². The highest BCUT2D eigenvalue weighted by Gasteiger charge is 2.17. The van der Waals surface area contributed by atoms with Crippen LogP contribution < -0.4 is 4.74 Å². The molecule has 1 saturated carbocycles. The average Bonchev–Trinajstić information content (AvgIpc) is 2.46. The molecule has 0 radical (unpaired) electrons. The molecule has 0 aromatic heterocycles. The zero-order valence-corrected chi connectivity index (χ0v) is 12.4. The number of aryl methyl sites for hydroxylation is 1. The van der Waals surface area contributed by atoms with Crippen LogP contribution in [-0.2, 0) is 0 Å². The van der Waals surface area contributed by atoms with E-state index in [1.54, 1.807) is 0 Å². The molecule has 0 atom stereocenters. The van der Waals surface area contributed by atoms with Crippen LogP contribution in [0, 0.1) is 6.92 Å². The lowest BCUT2D eigenvalue weighted by Crippen LogP contribution is -2.34. The van der Waals surface area contributed by atoms with Gasteiger partial charge in [-0.3, -0.25) is 0 Å². The Morgan fingerprint density at radius 2 is 1.89 bits per heavy atom. The van der Waals surface area contributed by atoms with Gasteiger partial charge in [0, 0.05) is 12.6 Å². The van der Waals surface area contributed by atoms with Crippen molar-refractivity contribution in [3.8, 4) is 5.75 Å². The maximum atomic E-state index is 5.85. The van der Waals surface area contributed by atoms with E-state index in [0.29, 0.717) is 0 Å². The minimum atomic E-state index is 0.812. The van der Waals surface area contributed by atoms with Crippen LogP contribution in [0.15, 0.2) is 24.3 Å². The van der Waals surface area contributed by atoms with Crippen molar-refractivity contribution >= 4 is 0 Å². The van der Waals surface area contributed by atoms with Crippen molar-refractivity contribution in [2.45, 2.75) is 51.5 Å². The third-order valence-electron chi connectivity index (χ3n) is 4.20. The van der Waals surface area contributed by atoms with E-state index >= 15 is 0 Å². The highest BCUT2D eigenvalue weighted by molar-refractivity contribution is 5.31. The molecule has 106 valence electrons. The first-order valence-corrected chi connectivity index (χ1v) is 7.66. The molecule has 2 rings (SSSR count). The summed E-state index contributed by atoms with van der Waals surface area (Å²) in [6.45, 7) is 4.07. The van der Waals surface area contributed by atoms with E-state index in [-0.39, 0.29) is 0 Å². The molecule has 0 bridgehead atoms. The predicted molar refractivity (Wildman–Crippen MR) is 80.8 cm³/mol. The average molecular weight is 261 g/mol. The van der Waals surface area contributed by atoms with Crippen molar-refractivity contribution < 1.29 is 4.74 Å². The minimum absolute atomic E-state index is 0.812. The Morgan fingerprint density at radius 3 is 2.63 bits per heavy atom. The number of hydrogen-bond acceptors (Lipinski definition) is 2. The molecular formula is C17H27NO. The van der Waals surface area contributed by atoms with E-state index in [2.05, 4.69) is 37.1 Å². The smallest absolute Gasteiger partial charge is 0.122 e. The number of ether oxygens (including phenoxy) is 1. The van der Waals surface area contributed by atoms with Gasteiger partial charge in [-0.1, -0.05) is 37.5 Å². The van der Waals surface area contributed by atoms with Gasteiger partial charge in [-0.15, -0.1) is 0 Å². The normalized spacial score (nSPS) is 16.8. The van der Waals surface area contributed by atoms with E-state index in [1.165, 1.54) is 37.7 Å². The summed E-state index contributed by atoms with van der Waals surface area (Å²) in [5.41, 5.74) is 1.23. The molecule has 0 spiro atoms. The highest BCUT2D eigenvalue weighted by atomic mass is 16.5. The topological polar surface area (TPSA) is 12.5 Å². The molecule has 0 unspecified atom stereocenters. The van der Waals surface area contributed by atoms with Gasteiger partial charge in [-0.05, 0) is 44.9 Å². The molecule has 2 nitrogen and oxygen atoms in total. The quantitative estimate of drug-likeness (QED) is 0.717. The van der Waals surface area contributed by atoms with E-state index in [4.69, 9.17) is 4.74 Å². The minimum Gasteiger partial charge on any atom is -0.493 e. The molecule has 0 aliphatic heterocycles. The monoisotopic (exact) mass is 261 g/mol. The first-order chi connectivity index (χ1) is 9.27. The Morgan fingerprint density at radius 1 is 1.16 bits per heavy atom. The second-order valence-electron chi connectivity index (χ2n) is 5.74. The number of nitrogens with zero attached hydrogens (tertiary/aromatic N) is 1. The van der Waals surface area contributed by atoms with Crippen molar-refractivity contribution in [1.29, 1.82) is 0 Å². The first kappa shape index (κ1) is 14.4. The Balaban J connectivity index is 1.65. The van der Waals surface area contributed by atoms with Crippen LogP contribution in [0.4, 0.5) is 0 Å². The second-order valence-corrected chi connectivity index (χ2v) is 5.74. The molecule has 1 fully saturated rings. The van der Waals surface area contributed by atoms with Gasteiger partial charge in [0.2, 0.25) is 0 Å². The molecule has 1 aliphatic carbocycles. The summed E-state index contributed by atoms with van der Waals surface area (Å²) >= 11 is 0. The van der Waals surface area contributed by atoms with Crippen LogP contribution in [0.5, 0.6) is 5.75 Å².